The molecule has 2 aromatic carbocycles. The molecule has 0 saturated carbocycles. The number of piperidine rings is 1. The van der Waals surface area contributed by atoms with Crippen LogP contribution in [0, 0.1) is 0 Å². The van der Waals surface area contributed by atoms with Gasteiger partial charge in [-0.25, -0.2) is 4.79 Å². The number of amides is 1. The van der Waals surface area contributed by atoms with E-state index in [0.717, 1.165) is 19.4 Å². The molecule has 1 fully saturated rings. The second kappa shape index (κ2) is 6.29. The number of nitrogens with two attached hydrogens (primary N) is 1. The van der Waals surface area contributed by atoms with Crippen LogP contribution in [0.1, 0.15) is 29.9 Å². The largest absolute Gasteiger partial charge is 0.448 e. The van der Waals surface area contributed by atoms with Crippen molar-refractivity contribution in [2.24, 2.45) is 5.73 Å². The molecule has 0 bridgehead atoms. The monoisotopic (exact) mass is 322 g/mol. The SMILES string of the molecule is N[C@H]1CCCN(C(=O)OCC2c3ccccc3-c3ccccc32)C1. The topological polar surface area (TPSA) is 55.6 Å². The van der Waals surface area contributed by atoms with E-state index < -0.39 is 0 Å². The minimum atomic E-state index is -0.244. The fourth-order valence-electron chi connectivity index (χ4n) is 3.86. The van der Waals surface area contributed by atoms with Crippen LogP contribution >= 0.6 is 0 Å². The number of nitrogens with zero attached hydrogens (tertiary/aromatic N) is 1. The minimum Gasteiger partial charge on any atom is -0.448 e. The van der Waals surface area contributed by atoms with Gasteiger partial charge in [-0.05, 0) is 35.1 Å². The highest BCUT2D eigenvalue weighted by Gasteiger charge is 2.30. The lowest BCUT2D eigenvalue weighted by molar-refractivity contribution is 0.0896. The van der Waals surface area contributed by atoms with E-state index in [0.29, 0.717) is 13.2 Å². The van der Waals surface area contributed by atoms with Crippen LogP contribution in [0.25, 0.3) is 11.1 Å². The predicted molar refractivity (Wildman–Crippen MR) is 93.9 cm³/mol. The van der Waals surface area contributed by atoms with Crippen molar-refractivity contribution in [3.05, 3.63) is 59.7 Å². The summed E-state index contributed by atoms with van der Waals surface area (Å²) in [5.41, 5.74) is 10.9. The van der Waals surface area contributed by atoms with Crippen LogP contribution in [0.3, 0.4) is 0 Å². The third-order valence-corrected chi connectivity index (χ3v) is 5.05. The molecule has 1 amide bonds. The van der Waals surface area contributed by atoms with Gasteiger partial charge in [0, 0.05) is 25.0 Å². The summed E-state index contributed by atoms with van der Waals surface area (Å²) >= 11 is 0. The maximum absolute atomic E-state index is 12.4. The number of ether oxygens (including phenoxy) is 1. The van der Waals surface area contributed by atoms with Crippen LogP contribution in [0.2, 0.25) is 0 Å². The zero-order valence-corrected chi connectivity index (χ0v) is 13.7. The van der Waals surface area contributed by atoms with E-state index in [2.05, 4.69) is 36.4 Å². The van der Waals surface area contributed by atoms with Crippen molar-refractivity contribution in [3.8, 4) is 11.1 Å². The Bertz CT molecular complexity index is 713. The normalized spacial score (nSPS) is 19.7. The number of carbonyl (C=O) groups is 1. The summed E-state index contributed by atoms with van der Waals surface area (Å²) in [5.74, 6) is 0.111. The molecular formula is C20H22N2O2. The molecule has 1 saturated heterocycles. The summed E-state index contributed by atoms with van der Waals surface area (Å²) in [6, 6.07) is 16.8. The molecule has 1 heterocycles. The Morgan fingerprint density at radius 3 is 2.33 bits per heavy atom. The van der Waals surface area contributed by atoms with Crippen molar-refractivity contribution in [3.63, 3.8) is 0 Å². The summed E-state index contributed by atoms with van der Waals surface area (Å²) < 4.78 is 5.66. The minimum absolute atomic E-state index is 0.0687. The van der Waals surface area contributed by atoms with Gasteiger partial charge in [-0.3, -0.25) is 0 Å². The molecule has 4 rings (SSSR count). The first-order chi connectivity index (χ1) is 11.7. The Hall–Kier alpha value is -2.33. The molecule has 0 radical (unpaired) electrons. The number of benzene rings is 2. The van der Waals surface area contributed by atoms with Gasteiger partial charge in [-0.2, -0.15) is 0 Å². The Morgan fingerprint density at radius 1 is 1.08 bits per heavy atom. The standard InChI is InChI=1S/C20H22N2O2/c21-14-6-5-11-22(12-14)20(23)24-13-19-17-9-3-1-7-15(17)16-8-2-4-10-18(16)19/h1-4,7-10,14,19H,5-6,11-13,21H2/t14-/m0/s1. The maximum Gasteiger partial charge on any atom is 0.409 e. The average Bonchev–Trinajstić information content (AvgIpc) is 2.94. The van der Waals surface area contributed by atoms with Crippen molar-refractivity contribution in [1.82, 2.24) is 4.90 Å². The van der Waals surface area contributed by atoms with E-state index in [1.54, 1.807) is 4.90 Å². The summed E-state index contributed by atoms with van der Waals surface area (Å²) in [4.78, 5) is 14.1. The highest BCUT2D eigenvalue weighted by atomic mass is 16.6. The van der Waals surface area contributed by atoms with Crippen molar-refractivity contribution in [1.29, 1.82) is 0 Å². The van der Waals surface area contributed by atoms with Crippen molar-refractivity contribution < 1.29 is 9.53 Å². The smallest absolute Gasteiger partial charge is 0.409 e. The third-order valence-electron chi connectivity index (χ3n) is 5.05. The Labute approximate surface area is 142 Å². The number of fused-ring (bicyclic) bond motifs is 3. The lowest BCUT2D eigenvalue weighted by Crippen LogP contribution is -2.46. The first-order valence-corrected chi connectivity index (χ1v) is 8.59. The van der Waals surface area contributed by atoms with E-state index in [4.69, 9.17) is 10.5 Å². The molecule has 2 aliphatic rings. The summed E-state index contributed by atoms with van der Waals surface area (Å²) in [6.45, 7) is 1.71. The second-order valence-electron chi connectivity index (χ2n) is 6.65. The number of hydrogen-bond acceptors (Lipinski definition) is 3. The lowest BCUT2D eigenvalue weighted by atomic mass is 9.98. The Kier molecular flexibility index (Phi) is 3.98. The molecule has 124 valence electrons. The zero-order valence-electron chi connectivity index (χ0n) is 13.7. The van der Waals surface area contributed by atoms with Crippen LogP contribution in [-0.4, -0.2) is 36.7 Å². The average molecular weight is 322 g/mol. The third kappa shape index (κ3) is 2.67. The molecule has 0 spiro atoms. The van der Waals surface area contributed by atoms with Gasteiger partial charge in [0.2, 0.25) is 0 Å². The van der Waals surface area contributed by atoms with Gasteiger partial charge in [0.25, 0.3) is 0 Å². The van der Waals surface area contributed by atoms with Gasteiger partial charge >= 0.3 is 6.09 Å². The van der Waals surface area contributed by atoms with Crippen LogP contribution < -0.4 is 5.73 Å². The first-order valence-electron chi connectivity index (χ1n) is 8.59. The lowest BCUT2D eigenvalue weighted by Gasteiger charge is -2.30. The molecule has 1 aliphatic heterocycles. The van der Waals surface area contributed by atoms with E-state index in [1.807, 2.05) is 12.1 Å². The molecule has 2 aromatic rings. The van der Waals surface area contributed by atoms with Crippen LogP contribution in [0.5, 0.6) is 0 Å². The summed E-state index contributed by atoms with van der Waals surface area (Å²) in [5, 5.41) is 0. The van der Waals surface area contributed by atoms with Gasteiger partial charge in [-0.15, -0.1) is 0 Å². The van der Waals surface area contributed by atoms with Crippen LogP contribution in [-0.2, 0) is 4.74 Å². The van der Waals surface area contributed by atoms with Gasteiger partial charge in [0.05, 0.1) is 0 Å². The molecule has 0 unspecified atom stereocenters. The van der Waals surface area contributed by atoms with Gasteiger partial charge in [0.15, 0.2) is 0 Å². The molecular weight excluding hydrogens is 300 g/mol. The fraction of sp³-hybridized carbons (Fsp3) is 0.350. The fourth-order valence-corrected chi connectivity index (χ4v) is 3.86. The second-order valence-corrected chi connectivity index (χ2v) is 6.65. The van der Waals surface area contributed by atoms with Crippen molar-refractivity contribution in [2.75, 3.05) is 19.7 Å². The van der Waals surface area contributed by atoms with Gasteiger partial charge in [0.1, 0.15) is 6.61 Å². The highest BCUT2D eigenvalue weighted by molar-refractivity contribution is 5.79. The number of hydrogen-bond donors (Lipinski definition) is 1. The Balaban J connectivity index is 1.51. The maximum atomic E-state index is 12.4. The van der Waals surface area contributed by atoms with Crippen molar-refractivity contribution in [2.45, 2.75) is 24.8 Å². The van der Waals surface area contributed by atoms with Gasteiger partial charge < -0.3 is 15.4 Å². The molecule has 0 aromatic heterocycles. The molecule has 2 N–H and O–H groups in total. The number of carbonyl (C=O) groups excluding carboxylic acids is 1. The summed E-state index contributed by atoms with van der Waals surface area (Å²) in [6.07, 6.45) is 1.69. The van der Waals surface area contributed by atoms with E-state index in [-0.39, 0.29) is 18.1 Å². The summed E-state index contributed by atoms with van der Waals surface area (Å²) in [7, 11) is 0. The van der Waals surface area contributed by atoms with E-state index >= 15 is 0 Å². The molecule has 4 heteroatoms. The highest BCUT2D eigenvalue weighted by Crippen LogP contribution is 2.44. The first kappa shape index (κ1) is 15.2. The molecule has 24 heavy (non-hydrogen) atoms. The Morgan fingerprint density at radius 2 is 1.71 bits per heavy atom. The van der Waals surface area contributed by atoms with Crippen molar-refractivity contribution >= 4 is 6.09 Å². The van der Waals surface area contributed by atoms with E-state index in [9.17, 15) is 4.79 Å². The van der Waals surface area contributed by atoms with Gasteiger partial charge in [-0.1, -0.05) is 48.5 Å². The molecule has 4 nitrogen and oxygen atoms in total. The number of rotatable bonds is 2. The number of likely N-dealkylation sites (tertiary alicyclic amines) is 1. The molecule has 1 aliphatic carbocycles. The van der Waals surface area contributed by atoms with Crippen LogP contribution in [0.4, 0.5) is 4.79 Å². The predicted octanol–water partition coefficient (Wildman–Crippen LogP) is 3.36. The zero-order chi connectivity index (χ0) is 16.5. The van der Waals surface area contributed by atoms with E-state index in [1.165, 1.54) is 22.3 Å². The quantitative estimate of drug-likeness (QED) is 0.922. The van der Waals surface area contributed by atoms with Crippen LogP contribution in [0.15, 0.2) is 48.5 Å². The molecule has 1 atom stereocenters.